The molecular formula is C20H22N6OS. The Balaban J connectivity index is 1.33. The Labute approximate surface area is 167 Å². The molecule has 0 bridgehead atoms. The van der Waals surface area contributed by atoms with Crippen molar-refractivity contribution in [3.8, 4) is 0 Å². The molecule has 1 aromatic carbocycles. The fraction of sp³-hybridized carbons (Fsp3) is 0.300. The minimum absolute atomic E-state index is 0.237. The molecule has 7 nitrogen and oxygen atoms in total. The van der Waals surface area contributed by atoms with Crippen molar-refractivity contribution in [2.24, 2.45) is 5.92 Å². The summed E-state index contributed by atoms with van der Waals surface area (Å²) in [5.41, 5.74) is 3.40. The number of amides is 1. The summed E-state index contributed by atoms with van der Waals surface area (Å²) in [5, 5.41) is 14.2. The summed E-state index contributed by atoms with van der Waals surface area (Å²) in [6, 6.07) is 14.5. The smallest absolute Gasteiger partial charge is 0.259 e. The van der Waals surface area contributed by atoms with Crippen molar-refractivity contribution < 1.29 is 4.79 Å². The molecular weight excluding hydrogens is 372 g/mol. The molecule has 0 radical (unpaired) electrons. The van der Waals surface area contributed by atoms with E-state index in [-0.39, 0.29) is 5.91 Å². The number of pyridine rings is 1. The maximum absolute atomic E-state index is 12.2. The number of nitrogens with one attached hydrogen (secondary N) is 2. The normalized spacial score (nSPS) is 19.5. The largest absolute Gasteiger partial charge is 0.366 e. The number of rotatable bonds is 6. The van der Waals surface area contributed by atoms with Crippen LogP contribution in [0.4, 0.5) is 10.9 Å². The first-order chi connectivity index (χ1) is 13.7. The zero-order valence-electron chi connectivity index (χ0n) is 15.6. The number of aromatic nitrogens is 3. The molecule has 2 unspecified atom stereocenters. The predicted molar refractivity (Wildman–Crippen MR) is 110 cm³/mol. The van der Waals surface area contributed by atoms with E-state index in [1.54, 1.807) is 17.8 Å². The Morgan fingerprint density at radius 3 is 2.79 bits per heavy atom. The highest BCUT2D eigenvalue weighted by atomic mass is 32.1. The van der Waals surface area contributed by atoms with Crippen LogP contribution in [0.25, 0.3) is 0 Å². The second-order valence-electron chi connectivity index (χ2n) is 7.04. The van der Waals surface area contributed by atoms with Crippen LogP contribution >= 0.6 is 11.3 Å². The number of nitrogens with zero attached hydrogens (tertiary/aromatic N) is 4. The van der Waals surface area contributed by atoms with Gasteiger partial charge < -0.3 is 5.32 Å². The third-order valence-corrected chi connectivity index (χ3v) is 5.48. The van der Waals surface area contributed by atoms with Crippen LogP contribution in [0.1, 0.15) is 22.8 Å². The van der Waals surface area contributed by atoms with Crippen molar-refractivity contribution >= 4 is 28.2 Å². The minimum Gasteiger partial charge on any atom is -0.366 e. The topological polar surface area (TPSA) is 83.0 Å². The highest BCUT2D eigenvalue weighted by molar-refractivity contribution is 7.13. The summed E-state index contributed by atoms with van der Waals surface area (Å²) < 4.78 is 0. The summed E-state index contributed by atoms with van der Waals surface area (Å²) in [4.78, 5) is 19.1. The van der Waals surface area contributed by atoms with Gasteiger partial charge in [-0.1, -0.05) is 48.6 Å². The Hall–Kier alpha value is -2.84. The molecule has 144 valence electrons. The quantitative estimate of drug-likeness (QED) is 0.668. The molecule has 0 spiro atoms. The van der Waals surface area contributed by atoms with E-state index < -0.39 is 0 Å². The van der Waals surface area contributed by atoms with Crippen LogP contribution in [0.2, 0.25) is 0 Å². The van der Waals surface area contributed by atoms with E-state index in [2.05, 4.69) is 61.9 Å². The van der Waals surface area contributed by atoms with E-state index in [0.717, 1.165) is 25.5 Å². The average molecular weight is 395 g/mol. The Kier molecular flexibility index (Phi) is 5.59. The molecule has 1 aliphatic heterocycles. The van der Waals surface area contributed by atoms with Crippen molar-refractivity contribution in [1.82, 2.24) is 20.1 Å². The molecule has 4 rings (SSSR count). The number of hydrogen-bond donors (Lipinski definition) is 2. The second kappa shape index (κ2) is 8.45. The summed E-state index contributed by atoms with van der Waals surface area (Å²) in [6.07, 6.45) is 1.58. The predicted octanol–water partition coefficient (Wildman–Crippen LogP) is 3.12. The second-order valence-corrected chi connectivity index (χ2v) is 7.87. The summed E-state index contributed by atoms with van der Waals surface area (Å²) >= 11 is 1.28. The monoisotopic (exact) mass is 394 g/mol. The van der Waals surface area contributed by atoms with Crippen LogP contribution in [0, 0.1) is 5.92 Å². The number of carbonyl (C=O) groups excluding carboxylic acids is 1. The molecule has 1 amide bonds. The van der Waals surface area contributed by atoms with Crippen LogP contribution < -0.4 is 10.6 Å². The zero-order valence-corrected chi connectivity index (χ0v) is 16.4. The molecule has 1 fully saturated rings. The van der Waals surface area contributed by atoms with E-state index in [4.69, 9.17) is 0 Å². The van der Waals surface area contributed by atoms with Gasteiger partial charge in [0, 0.05) is 31.9 Å². The average Bonchev–Trinajstić information content (AvgIpc) is 3.33. The van der Waals surface area contributed by atoms with E-state index in [0.29, 0.717) is 22.7 Å². The van der Waals surface area contributed by atoms with Crippen molar-refractivity contribution in [2.45, 2.75) is 19.5 Å². The molecule has 3 heterocycles. The first-order valence-corrected chi connectivity index (χ1v) is 10.1. The molecule has 0 saturated carbocycles. The SMILES string of the molecule is CC1CN(Cc2ccccc2)CC1Nc1ccc(C(=O)Nc2nncs2)cn1. The Morgan fingerprint density at radius 2 is 2.07 bits per heavy atom. The molecule has 2 aromatic heterocycles. The first-order valence-electron chi connectivity index (χ1n) is 9.24. The van der Waals surface area contributed by atoms with Crippen LogP contribution in [0.5, 0.6) is 0 Å². The fourth-order valence-corrected chi connectivity index (χ4v) is 3.87. The van der Waals surface area contributed by atoms with Gasteiger partial charge in [0.05, 0.1) is 5.56 Å². The lowest BCUT2D eigenvalue weighted by Crippen LogP contribution is -2.28. The van der Waals surface area contributed by atoms with E-state index in [1.807, 2.05) is 12.1 Å². The minimum atomic E-state index is -0.237. The highest BCUT2D eigenvalue weighted by Crippen LogP contribution is 2.22. The highest BCUT2D eigenvalue weighted by Gasteiger charge is 2.29. The molecule has 2 atom stereocenters. The van der Waals surface area contributed by atoms with Crippen LogP contribution in [-0.2, 0) is 6.54 Å². The number of carbonyl (C=O) groups is 1. The number of likely N-dealkylation sites (tertiary alicyclic amines) is 1. The zero-order chi connectivity index (χ0) is 19.3. The van der Waals surface area contributed by atoms with Crippen molar-refractivity contribution in [1.29, 1.82) is 0 Å². The van der Waals surface area contributed by atoms with E-state index >= 15 is 0 Å². The van der Waals surface area contributed by atoms with Crippen LogP contribution in [0.3, 0.4) is 0 Å². The first kappa shape index (κ1) is 18.5. The molecule has 3 aromatic rings. The number of hydrogen-bond acceptors (Lipinski definition) is 7. The van der Waals surface area contributed by atoms with Gasteiger partial charge in [0.1, 0.15) is 11.3 Å². The molecule has 8 heteroatoms. The molecule has 1 aliphatic rings. The standard InChI is InChI=1S/C20H22N6OS/c1-14-10-26(11-15-5-3-2-4-6-15)12-17(14)23-18-8-7-16(9-21-18)19(27)24-20-25-22-13-28-20/h2-9,13-14,17H,10-12H2,1H3,(H,21,23)(H,24,25,27). The summed E-state index contributed by atoms with van der Waals surface area (Å²) in [5.74, 6) is 1.07. The van der Waals surface area contributed by atoms with Gasteiger partial charge in [0.15, 0.2) is 0 Å². The third kappa shape index (κ3) is 4.52. The lowest BCUT2D eigenvalue weighted by Gasteiger charge is -2.18. The van der Waals surface area contributed by atoms with Gasteiger partial charge in [-0.05, 0) is 23.6 Å². The van der Waals surface area contributed by atoms with Gasteiger partial charge in [0.25, 0.3) is 5.91 Å². The van der Waals surface area contributed by atoms with Crippen molar-refractivity contribution in [3.05, 3.63) is 65.3 Å². The number of anilines is 2. The maximum Gasteiger partial charge on any atom is 0.259 e. The maximum atomic E-state index is 12.2. The molecule has 0 aliphatic carbocycles. The number of benzene rings is 1. The van der Waals surface area contributed by atoms with Gasteiger partial charge in [0.2, 0.25) is 5.13 Å². The third-order valence-electron chi connectivity index (χ3n) is 4.88. The van der Waals surface area contributed by atoms with Crippen LogP contribution in [0.15, 0.2) is 54.2 Å². The van der Waals surface area contributed by atoms with Crippen molar-refractivity contribution in [2.75, 3.05) is 23.7 Å². The van der Waals surface area contributed by atoms with Gasteiger partial charge in [-0.2, -0.15) is 0 Å². The fourth-order valence-electron chi connectivity index (χ4n) is 3.43. The van der Waals surface area contributed by atoms with Gasteiger partial charge >= 0.3 is 0 Å². The Morgan fingerprint density at radius 1 is 1.21 bits per heavy atom. The van der Waals surface area contributed by atoms with Crippen molar-refractivity contribution in [3.63, 3.8) is 0 Å². The summed E-state index contributed by atoms with van der Waals surface area (Å²) in [7, 11) is 0. The van der Waals surface area contributed by atoms with Gasteiger partial charge in [-0.25, -0.2) is 4.98 Å². The Bertz CT molecular complexity index is 900. The van der Waals surface area contributed by atoms with Crippen LogP contribution in [-0.4, -0.2) is 45.1 Å². The van der Waals surface area contributed by atoms with E-state index in [9.17, 15) is 4.79 Å². The van der Waals surface area contributed by atoms with Gasteiger partial charge in [-0.3, -0.25) is 15.0 Å². The van der Waals surface area contributed by atoms with E-state index in [1.165, 1.54) is 16.9 Å². The van der Waals surface area contributed by atoms with Gasteiger partial charge in [-0.15, -0.1) is 10.2 Å². The molecule has 2 N–H and O–H groups in total. The lowest BCUT2D eigenvalue weighted by molar-refractivity contribution is 0.102. The molecule has 1 saturated heterocycles. The lowest BCUT2D eigenvalue weighted by atomic mass is 10.1. The molecule has 28 heavy (non-hydrogen) atoms. The summed E-state index contributed by atoms with van der Waals surface area (Å²) in [6.45, 7) is 5.24.